The first-order valence-corrected chi connectivity index (χ1v) is 10.2. The van der Waals surface area contributed by atoms with E-state index in [9.17, 15) is 18.0 Å². The Bertz CT molecular complexity index is 885. The van der Waals surface area contributed by atoms with Gasteiger partial charge in [0.1, 0.15) is 0 Å². The van der Waals surface area contributed by atoms with E-state index in [1.54, 1.807) is 44.4 Å². The first-order chi connectivity index (χ1) is 12.1. The SMILES string of the molecule is CC(C)(C)NS(=O)(=O)c1cccc(NC(=O)CNC(=O)c2cccs2)c1. The standard InChI is InChI=1S/C17H21N3O4S2/c1-17(2,3)20-26(23,24)13-7-4-6-12(10-13)19-15(21)11-18-16(22)14-8-5-9-25-14/h4-10,20H,11H2,1-3H3,(H,18,22)(H,19,21). The normalized spacial score (nSPS) is 11.8. The zero-order valence-electron chi connectivity index (χ0n) is 14.7. The minimum absolute atomic E-state index is 0.0489. The van der Waals surface area contributed by atoms with Gasteiger partial charge in [0.25, 0.3) is 5.91 Å². The zero-order valence-corrected chi connectivity index (χ0v) is 16.3. The maximum atomic E-state index is 12.4. The summed E-state index contributed by atoms with van der Waals surface area (Å²) in [6, 6.07) is 9.34. The second kappa shape index (κ2) is 7.98. The Kier molecular flexibility index (Phi) is 6.17. The number of hydrogen-bond donors (Lipinski definition) is 3. The van der Waals surface area contributed by atoms with E-state index in [4.69, 9.17) is 0 Å². The first-order valence-electron chi connectivity index (χ1n) is 7.82. The van der Waals surface area contributed by atoms with Crippen molar-refractivity contribution in [2.75, 3.05) is 11.9 Å². The van der Waals surface area contributed by atoms with Crippen LogP contribution in [0.3, 0.4) is 0 Å². The first kappa shape index (κ1) is 20.1. The number of carbonyl (C=O) groups is 2. The molecule has 0 spiro atoms. The molecule has 0 unspecified atom stereocenters. The van der Waals surface area contributed by atoms with Crippen LogP contribution in [0.1, 0.15) is 30.4 Å². The van der Waals surface area contributed by atoms with Crippen LogP contribution in [0.25, 0.3) is 0 Å². The summed E-state index contributed by atoms with van der Waals surface area (Å²) in [5, 5.41) is 6.86. The third kappa shape index (κ3) is 5.94. The number of thiophene rings is 1. The third-order valence-electron chi connectivity index (χ3n) is 3.02. The van der Waals surface area contributed by atoms with Gasteiger partial charge in [0.05, 0.1) is 16.3 Å². The monoisotopic (exact) mass is 395 g/mol. The number of amides is 2. The van der Waals surface area contributed by atoms with Crippen LogP contribution < -0.4 is 15.4 Å². The van der Waals surface area contributed by atoms with Crippen LogP contribution in [0.2, 0.25) is 0 Å². The van der Waals surface area contributed by atoms with E-state index in [1.807, 2.05) is 0 Å². The summed E-state index contributed by atoms with van der Waals surface area (Å²) in [5.74, 6) is -0.783. The Morgan fingerprint density at radius 3 is 2.46 bits per heavy atom. The number of benzene rings is 1. The molecule has 2 rings (SSSR count). The van der Waals surface area contributed by atoms with Crippen LogP contribution >= 0.6 is 11.3 Å². The number of carbonyl (C=O) groups excluding carboxylic acids is 2. The number of hydrogen-bond acceptors (Lipinski definition) is 5. The Labute approximate surface area is 156 Å². The lowest BCUT2D eigenvalue weighted by molar-refractivity contribution is -0.115. The van der Waals surface area contributed by atoms with Crippen LogP contribution in [-0.4, -0.2) is 32.3 Å². The highest BCUT2D eigenvalue weighted by Crippen LogP contribution is 2.17. The van der Waals surface area contributed by atoms with Crippen molar-refractivity contribution < 1.29 is 18.0 Å². The van der Waals surface area contributed by atoms with Gasteiger partial charge in [-0.05, 0) is 50.4 Å². The molecule has 2 aromatic rings. The van der Waals surface area contributed by atoms with Crippen molar-refractivity contribution in [2.45, 2.75) is 31.2 Å². The lowest BCUT2D eigenvalue weighted by atomic mass is 10.1. The van der Waals surface area contributed by atoms with Gasteiger partial charge in [-0.3, -0.25) is 9.59 Å². The van der Waals surface area contributed by atoms with Gasteiger partial charge in [-0.15, -0.1) is 11.3 Å². The van der Waals surface area contributed by atoms with Gasteiger partial charge in [-0.1, -0.05) is 12.1 Å². The highest BCUT2D eigenvalue weighted by Gasteiger charge is 2.22. The lowest BCUT2D eigenvalue weighted by Gasteiger charge is -2.20. The maximum Gasteiger partial charge on any atom is 0.261 e. The van der Waals surface area contributed by atoms with Crippen LogP contribution in [-0.2, 0) is 14.8 Å². The average Bonchev–Trinajstić information content (AvgIpc) is 3.05. The highest BCUT2D eigenvalue weighted by molar-refractivity contribution is 7.89. The van der Waals surface area contributed by atoms with Gasteiger partial charge in [-0.2, -0.15) is 0 Å². The summed E-state index contributed by atoms with van der Waals surface area (Å²) in [5.41, 5.74) is -0.290. The van der Waals surface area contributed by atoms with Crippen LogP contribution in [0.5, 0.6) is 0 Å². The maximum absolute atomic E-state index is 12.4. The third-order valence-corrected chi connectivity index (χ3v) is 5.65. The van der Waals surface area contributed by atoms with E-state index in [0.717, 1.165) is 0 Å². The Balaban J connectivity index is 1.99. The van der Waals surface area contributed by atoms with Crippen LogP contribution in [0, 0.1) is 0 Å². The fraction of sp³-hybridized carbons (Fsp3) is 0.294. The molecule has 0 radical (unpaired) electrons. The fourth-order valence-corrected chi connectivity index (χ4v) is 4.17. The van der Waals surface area contributed by atoms with Gasteiger partial charge in [0.15, 0.2) is 0 Å². The molecular weight excluding hydrogens is 374 g/mol. The Morgan fingerprint density at radius 2 is 1.85 bits per heavy atom. The minimum atomic E-state index is -3.70. The predicted molar refractivity (Wildman–Crippen MR) is 102 cm³/mol. The van der Waals surface area contributed by atoms with Crippen molar-refractivity contribution in [3.63, 3.8) is 0 Å². The second-order valence-corrected chi connectivity index (χ2v) is 9.22. The molecule has 1 heterocycles. The van der Waals surface area contributed by atoms with E-state index < -0.39 is 21.5 Å². The smallest absolute Gasteiger partial charge is 0.261 e. The van der Waals surface area contributed by atoms with Gasteiger partial charge in [0.2, 0.25) is 15.9 Å². The van der Waals surface area contributed by atoms with Crippen molar-refractivity contribution in [3.8, 4) is 0 Å². The largest absolute Gasteiger partial charge is 0.342 e. The average molecular weight is 396 g/mol. The van der Waals surface area contributed by atoms with Crippen molar-refractivity contribution in [1.82, 2.24) is 10.0 Å². The molecule has 26 heavy (non-hydrogen) atoms. The molecule has 3 N–H and O–H groups in total. The van der Waals surface area contributed by atoms with E-state index in [0.29, 0.717) is 10.6 Å². The van der Waals surface area contributed by atoms with E-state index in [2.05, 4.69) is 15.4 Å². The number of sulfonamides is 1. The predicted octanol–water partition coefficient (Wildman–Crippen LogP) is 2.19. The van der Waals surface area contributed by atoms with Crippen LogP contribution in [0.15, 0.2) is 46.7 Å². The summed E-state index contributed by atoms with van der Waals surface area (Å²) in [4.78, 5) is 24.4. The summed E-state index contributed by atoms with van der Waals surface area (Å²) >= 11 is 1.28. The van der Waals surface area contributed by atoms with Crippen molar-refractivity contribution >= 4 is 38.9 Å². The Morgan fingerprint density at radius 1 is 1.12 bits per heavy atom. The molecule has 0 aliphatic carbocycles. The van der Waals surface area contributed by atoms with Gasteiger partial charge < -0.3 is 10.6 Å². The molecule has 9 heteroatoms. The molecule has 0 bridgehead atoms. The topological polar surface area (TPSA) is 104 Å². The molecule has 0 saturated heterocycles. The summed E-state index contributed by atoms with van der Waals surface area (Å²) < 4.78 is 27.3. The quantitative estimate of drug-likeness (QED) is 0.697. The van der Waals surface area contributed by atoms with Crippen LogP contribution in [0.4, 0.5) is 5.69 Å². The molecule has 1 aromatic heterocycles. The molecule has 0 fully saturated rings. The minimum Gasteiger partial charge on any atom is -0.342 e. The van der Waals surface area contributed by atoms with E-state index in [1.165, 1.54) is 29.5 Å². The second-order valence-electron chi connectivity index (χ2n) is 6.59. The van der Waals surface area contributed by atoms with Gasteiger partial charge >= 0.3 is 0 Å². The summed E-state index contributed by atoms with van der Waals surface area (Å²) in [6.45, 7) is 5.01. The molecule has 7 nitrogen and oxygen atoms in total. The van der Waals surface area contributed by atoms with Crippen molar-refractivity contribution in [2.24, 2.45) is 0 Å². The van der Waals surface area contributed by atoms with Crippen molar-refractivity contribution in [1.29, 1.82) is 0 Å². The molecule has 0 aliphatic heterocycles. The molecule has 140 valence electrons. The number of nitrogens with one attached hydrogen (secondary N) is 3. The lowest BCUT2D eigenvalue weighted by Crippen LogP contribution is -2.40. The molecule has 1 aromatic carbocycles. The zero-order chi connectivity index (χ0) is 19.4. The summed E-state index contributed by atoms with van der Waals surface area (Å²) in [7, 11) is -3.70. The molecule has 2 amide bonds. The highest BCUT2D eigenvalue weighted by atomic mass is 32.2. The number of rotatable bonds is 6. The molecule has 0 saturated carbocycles. The Hall–Kier alpha value is -2.23. The van der Waals surface area contributed by atoms with E-state index >= 15 is 0 Å². The number of anilines is 1. The molecular formula is C17H21N3O4S2. The molecule has 0 atom stereocenters. The van der Waals surface area contributed by atoms with Crippen molar-refractivity contribution in [3.05, 3.63) is 46.7 Å². The van der Waals surface area contributed by atoms with Gasteiger partial charge in [0, 0.05) is 11.2 Å². The van der Waals surface area contributed by atoms with E-state index in [-0.39, 0.29) is 17.3 Å². The fourth-order valence-electron chi connectivity index (χ4n) is 2.06. The molecule has 0 aliphatic rings. The van der Waals surface area contributed by atoms with Gasteiger partial charge in [-0.25, -0.2) is 13.1 Å². The summed E-state index contributed by atoms with van der Waals surface area (Å²) in [6.07, 6.45) is 0.